The van der Waals surface area contributed by atoms with Crippen LogP contribution in [0.3, 0.4) is 0 Å². The van der Waals surface area contributed by atoms with Crippen LogP contribution in [-0.2, 0) is 6.54 Å². The van der Waals surface area contributed by atoms with Crippen LogP contribution >= 0.6 is 15.9 Å². The van der Waals surface area contributed by atoms with Crippen molar-refractivity contribution in [3.8, 4) is 0 Å². The summed E-state index contributed by atoms with van der Waals surface area (Å²) < 4.78 is 5.88. The average Bonchev–Trinajstić information content (AvgIpc) is 2.50. The monoisotopic (exact) mass is 240 g/mol. The highest BCUT2D eigenvalue weighted by molar-refractivity contribution is 9.10. The maximum absolute atomic E-state index is 5.11. The molecule has 1 N–H and O–H groups in total. The van der Waals surface area contributed by atoms with Crippen LogP contribution in [0.25, 0.3) is 11.0 Å². The van der Waals surface area contributed by atoms with E-state index in [1.54, 1.807) is 0 Å². The molecule has 0 radical (unpaired) electrons. The van der Waals surface area contributed by atoms with Crippen LogP contribution in [0, 0.1) is 0 Å². The van der Waals surface area contributed by atoms with Gasteiger partial charge in [0, 0.05) is 6.54 Å². The molecule has 0 atom stereocenters. The summed E-state index contributed by atoms with van der Waals surface area (Å²) in [6.45, 7) is 0.817. The lowest BCUT2D eigenvalue weighted by Crippen LogP contribution is -2.04. The van der Waals surface area contributed by atoms with Crippen LogP contribution < -0.4 is 5.32 Å². The van der Waals surface area contributed by atoms with Crippen LogP contribution in [0.15, 0.2) is 27.3 Å². The van der Waals surface area contributed by atoms with Gasteiger partial charge in [0.2, 0.25) is 0 Å². The molecule has 1 aromatic carbocycles. The summed E-state index contributed by atoms with van der Waals surface area (Å²) in [4.78, 5) is 0. The molecule has 68 valence electrons. The van der Waals surface area contributed by atoms with Gasteiger partial charge in [-0.3, -0.25) is 0 Å². The minimum atomic E-state index is 0.772. The zero-order chi connectivity index (χ0) is 9.26. The van der Waals surface area contributed by atoms with Gasteiger partial charge < -0.3 is 9.84 Å². The van der Waals surface area contributed by atoms with E-state index in [-0.39, 0.29) is 0 Å². The second kappa shape index (κ2) is 3.47. The third-order valence-electron chi connectivity index (χ3n) is 1.91. The summed E-state index contributed by atoms with van der Waals surface area (Å²) in [6, 6.07) is 5.93. The van der Waals surface area contributed by atoms with Crippen molar-refractivity contribution in [2.24, 2.45) is 0 Å². The van der Waals surface area contributed by atoms with Gasteiger partial charge in [-0.2, -0.15) is 0 Å². The quantitative estimate of drug-likeness (QED) is 0.876. The largest absolute Gasteiger partial charge is 0.355 e. The Kier molecular flexibility index (Phi) is 2.33. The first kappa shape index (κ1) is 8.72. The van der Waals surface area contributed by atoms with E-state index in [0.717, 1.165) is 22.1 Å². The molecule has 0 saturated heterocycles. The van der Waals surface area contributed by atoms with Crippen molar-refractivity contribution in [1.82, 2.24) is 10.5 Å². The molecule has 0 bridgehead atoms. The second-order valence-electron chi connectivity index (χ2n) is 2.79. The van der Waals surface area contributed by atoms with E-state index in [4.69, 9.17) is 4.52 Å². The van der Waals surface area contributed by atoms with Gasteiger partial charge >= 0.3 is 0 Å². The first-order valence-corrected chi connectivity index (χ1v) is 4.79. The Morgan fingerprint density at radius 3 is 3.15 bits per heavy atom. The summed E-state index contributed by atoms with van der Waals surface area (Å²) in [6.07, 6.45) is 0. The van der Waals surface area contributed by atoms with E-state index >= 15 is 0 Å². The Morgan fingerprint density at radius 1 is 1.54 bits per heavy atom. The van der Waals surface area contributed by atoms with Crippen LogP contribution in [0.4, 0.5) is 0 Å². The maximum atomic E-state index is 5.11. The van der Waals surface area contributed by atoms with Gasteiger partial charge in [-0.25, -0.2) is 0 Å². The van der Waals surface area contributed by atoms with Gasteiger partial charge in [0.1, 0.15) is 0 Å². The number of hydrogen-bond donors (Lipinski definition) is 1. The van der Waals surface area contributed by atoms with E-state index in [2.05, 4.69) is 32.5 Å². The highest BCUT2D eigenvalue weighted by Gasteiger charge is 2.08. The summed E-state index contributed by atoms with van der Waals surface area (Å²) in [7, 11) is 1.92. The SMILES string of the molecule is CNCc1cccc2onc(Br)c12. The lowest BCUT2D eigenvalue weighted by Gasteiger charge is -1.99. The zero-order valence-electron chi connectivity index (χ0n) is 7.17. The van der Waals surface area contributed by atoms with E-state index < -0.39 is 0 Å². The van der Waals surface area contributed by atoms with Gasteiger partial charge in [0.15, 0.2) is 10.2 Å². The molecule has 0 aliphatic heterocycles. The van der Waals surface area contributed by atoms with Crippen molar-refractivity contribution in [2.45, 2.75) is 6.54 Å². The molecule has 0 fully saturated rings. The molecule has 13 heavy (non-hydrogen) atoms. The van der Waals surface area contributed by atoms with E-state index in [1.807, 2.05) is 19.2 Å². The molecule has 2 rings (SSSR count). The van der Waals surface area contributed by atoms with Gasteiger partial charge in [0.05, 0.1) is 5.39 Å². The van der Waals surface area contributed by atoms with Gasteiger partial charge in [-0.15, -0.1) is 0 Å². The molecule has 3 nitrogen and oxygen atoms in total. The molecule has 0 unspecified atom stereocenters. The minimum Gasteiger partial charge on any atom is -0.355 e. The van der Waals surface area contributed by atoms with Crippen molar-refractivity contribution in [2.75, 3.05) is 7.05 Å². The lowest BCUT2D eigenvalue weighted by atomic mass is 10.1. The van der Waals surface area contributed by atoms with Crippen molar-refractivity contribution in [3.05, 3.63) is 28.4 Å². The highest BCUT2D eigenvalue weighted by Crippen LogP contribution is 2.26. The topological polar surface area (TPSA) is 38.1 Å². The molecule has 2 aromatic rings. The average molecular weight is 241 g/mol. The standard InChI is InChI=1S/C9H9BrN2O/c1-11-5-6-3-2-4-7-8(6)9(10)12-13-7/h2-4,11H,5H2,1H3. The molecular weight excluding hydrogens is 232 g/mol. The Bertz CT molecular complexity index is 424. The van der Waals surface area contributed by atoms with Gasteiger partial charge in [-0.05, 0) is 34.6 Å². The van der Waals surface area contributed by atoms with Crippen molar-refractivity contribution in [1.29, 1.82) is 0 Å². The highest BCUT2D eigenvalue weighted by atomic mass is 79.9. The third-order valence-corrected chi connectivity index (χ3v) is 2.45. The molecule has 1 heterocycles. The summed E-state index contributed by atoms with van der Waals surface area (Å²) in [5, 5.41) is 8.01. The fraction of sp³-hybridized carbons (Fsp3) is 0.222. The number of nitrogens with zero attached hydrogens (tertiary/aromatic N) is 1. The Balaban J connectivity index is 2.65. The van der Waals surface area contributed by atoms with Crippen LogP contribution in [0.5, 0.6) is 0 Å². The number of nitrogens with one attached hydrogen (secondary N) is 1. The zero-order valence-corrected chi connectivity index (χ0v) is 8.76. The van der Waals surface area contributed by atoms with Crippen LogP contribution in [0.1, 0.15) is 5.56 Å². The minimum absolute atomic E-state index is 0.772. The number of fused-ring (bicyclic) bond motifs is 1. The number of benzene rings is 1. The maximum Gasteiger partial charge on any atom is 0.168 e. The second-order valence-corrected chi connectivity index (χ2v) is 3.55. The molecule has 0 spiro atoms. The van der Waals surface area contributed by atoms with Crippen LogP contribution in [0.2, 0.25) is 0 Å². The Morgan fingerprint density at radius 2 is 2.38 bits per heavy atom. The molecular formula is C9H9BrN2O. The first-order valence-electron chi connectivity index (χ1n) is 4.00. The first-order chi connectivity index (χ1) is 6.33. The predicted octanol–water partition coefficient (Wildman–Crippen LogP) is 2.31. The smallest absolute Gasteiger partial charge is 0.168 e. The van der Waals surface area contributed by atoms with Crippen molar-refractivity contribution >= 4 is 26.9 Å². The van der Waals surface area contributed by atoms with E-state index in [0.29, 0.717) is 0 Å². The summed E-state index contributed by atoms with van der Waals surface area (Å²) in [5.41, 5.74) is 2.01. The van der Waals surface area contributed by atoms with Crippen molar-refractivity contribution in [3.63, 3.8) is 0 Å². The molecule has 4 heteroatoms. The Hall–Kier alpha value is -0.870. The number of aromatic nitrogens is 1. The van der Waals surface area contributed by atoms with E-state index in [9.17, 15) is 0 Å². The third kappa shape index (κ3) is 1.47. The fourth-order valence-corrected chi connectivity index (χ4v) is 1.88. The molecule has 0 amide bonds. The number of halogens is 1. The normalized spacial score (nSPS) is 10.9. The number of hydrogen-bond acceptors (Lipinski definition) is 3. The summed E-state index contributed by atoms with van der Waals surface area (Å²) >= 11 is 3.36. The molecule has 1 aromatic heterocycles. The summed E-state index contributed by atoms with van der Waals surface area (Å²) in [5.74, 6) is 0. The molecule has 0 saturated carbocycles. The van der Waals surface area contributed by atoms with Gasteiger partial charge in [0.25, 0.3) is 0 Å². The van der Waals surface area contributed by atoms with Gasteiger partial charge in [-0.1, -0.05) is 17.3 Å². The lowest BCUT2D eigenvalue weighted by molar-refractivity contribution is 0.451. The van der Waals surface area contributed by atoms with Crippen molar-refractivity contribution < 1.29 is 4.52 Å². The number of rotatable bonds is 2. The predicted molar refractivity (Wildman–Crippen MR) is 54.5 cm³/mol. The molecule has 0 aliphatic carbocycles. The van der Waals surface area contributed by atoms with E-state index in [1.165, 1.54) is 5.56 Å². The fourth-order valence-electron chi connectivity index (χ4n) is 1.36. The Labute approximate surface area is 84.2 Å². The van der Waals surface area contributed by atoms with Crippen LogP contribution in [-0.4, -0.2) is 12.2 Å². The molecule has 0 aliphatic rings.